The topological polar surface area (TPSA) is 102 Å². The quantitative estimate of drug-likeness (QED) is 0.0269. The van der Waals surface area contributed by atoms with E-state index in [1.807, 2.05) is 0 Å². The first kappa shape index (κ1) is 49.8. The lowest BCUT2D eigenvalue weighted by molar-refractivity contribution is -0.889. The van der Waals surface area contributed by atoms with Crippen LogP contribution in [0.2, 0.25) is 0 Å². The predicted octanol–water partition coefficient (Wildman–Crippen LogP) is 9.97. The number of hydrogen-bond donors (Lipinski definition) is 0. The number of quaternary nitrogens is 1. The van der Waals surface area contributed by atoms with Crippen LogP contribution in [0, 0.1) is 0 Å². The Balaban J connectivity index is 4.38. The van der Waals surface area contributed by atoms with Crippen molar-refractivity contribution in [3.8, 4) is 0 Å². The summed E-state index contributed by atoms with van der Waals surface area (Å²) < 4.78 is 17.1. The third-order valence-corrected chi connectivity index (χ3v) is 9.56. The molecule has 0 heterocycles. The molecular weight excluding hydrogens is 654 g/mol. The molecular formula is C44H81NO7. The molecule has 8 nitrogen and oxygen atoms in total. The number of nitrogens with zero attached hydrogens (tertiary/aromatic N) is 1. The van der Waals surface area contributed by atoms with Crippen LogP contribution in [0.3, 0.4) is 0 Å². The summed E-state index contributed by atoms with van der Waals surface area (Å²) in [4.78, 5) is 36.7. The summed E-state index contributed by atoms with van der Waals surface area (Å²) >= 11 is 0. The van der Waals surface area contributed by atoms with Crippen LogP contribution in [-0.4, -0.2) is 75.5 Å². The molecule has 8 heteroatoms. The van der Waals surface area contributed by atoms with Gasteiger partial charge in [0, 0.05) is 19.3 Å². The van der Waals surface area contributed by atoms with Crippen LogP contribution in [0.5, 0.6) is 0 Å². The van der Waals surface area contributed by atoms with E-state index in [-0.39, 0.29) is 42.7 Å². The van der Waals surface area contributed by atoms with Crippen molar-refractivity contribution in [2.45, 2.75) is 199 Å². The van der Waals surface area contributed by atoms with E-state index in [1.165, 1.54) is 89.9 Å². The molecule has 0 N–H and O–H groups in total. The van der Waals surface area contributed by atoms with Crippen molar-refractivity contribution in [3.05, 3.63) is 24.3 Å². The first-order valence-corrected chi connectivity index (χ1v) is 21.4. The standard InChI is InChI=1S/C44H81NO7/c1-6-8-10-12-14-16-18-20-21-22-23-25-27-29-31-33-35-43(47)52-40(38-50-37-36-41(44(48)49)45(3,4)5)39-51-42(46)34-32-30-28-26-24-19-17-15-13-11-9-7-2/h15,17,21-22,40-41H,6-14,16,18-20,23-39H2,1-5H3/b17-15+,22-21+. The van der Waals surface area contributed by atoms with Crippen molar-refractivity contribution < 1.29 is 38.2 Å². The Bertz CT molecular complexity index is 911. The summed E-state index contributed by atoms with van der Waals surface area (Å²) in [5.41, 5.74) is 0. The van der Waals surface area contributed by atoms with Gasteiger partial charge in [-0.1, -0.05) is 128 Å². The Morgan fingerprint density at radius 2 is 0.962 bits per heavy atom. The van der Waals surface area contributed by atoms with Crippen LogP contribution >= 0.6 is 0 Å². The normalized spacial score (nSPS) is 13.2. The van der Waals surface area contributed by atoms with Gasteiger partial charge in [-0.25, -0.2) is 0 Å². The monoisotopic (exact) mass is 736 g/mol. The number of aliphatic carboxylic acids is 1. The maximum atomic E-state index is 12.7. The molecule has 0 aliphatic rings. The van der Waals surface area contributed by atoms with E-state index in [0.717, 1.165) is 64.2 Å². The third kappa shape index (κ3) is 33.6. The Hall–Kier alpha value is -2.19. The number of unbranched alkanes of at least 4 members (excludes halogenated alkanes) is 20. The molecule has 0 radical (unpaired) electrons. The number of esters is 2. The van der Waals surface area contributed by atoms with Gasteiger partial charge < -0.3 is 28.6 Å². The number of allylic oxidation sites excluding steroid dienone is 4. The minimum Gasteiger partial charge on any atom is -0.544 e. The van der Waals surface area contributed by atoms with E-state index in [0.29, 0.717) is 12.8 Å². The highest BCUT2D eigenvalue weighted by atomic mass is 16.6. The van der Waals surface area contributed by atoms with Gasteiger partial charge in [0.2, 0.25) is 0 Å². The van der Waals surface area contributed by atoms with Crippen molar-refractivity contribution in [2.75, 3.05) is 41.0 Å². The number of rotatable bonds is 38. The summed E-state index contributed by atoms with van der Waals surface area (Å²) in [6.45, 7) is 4.62. The molecule has 0 fully saturated rings. The van der Waals surface area contributed by atoms with Crippen LogP contribution in [0.1, 0.15) is 187 Å². The van der Waals surface area contributed by atoms with Crippen molar-refractivity contribution in [2.24, 2.45) is 0 Å². The third-order valence-electron chi connectivity index (χ3n) is 9.56. The van der Waals surface area contributed by atoms with Crippen LogP contribution < -0.4 is 5.11 Å². The molecule has 2 unspecified atom stereocenters. The predicted molar refractivity (Wildman–Crippen MR) is 213 cm³/mol. The van der Waals surface area contributed by atoms with E-state index >= 15 is 0 Å². The molecule has 0 aromatic rings. The zero-order valence-corrected chi connectivity index (χ0v) is 34.5. The van der Waals surface area contributed by atoms with E-state index in [2.05, 4.69) is 38.2 Å². The van der Waals surface area contributed by atoms with Gasteiger partial charge in [0.25, 0.3) is 0 Å². The fourth-order valence-corrected chi connectivity index (χ4v) is 6.18. The Morgan fingerprint density at radius 1 is 0.558 bits per heavy atom. The average Bonchev–Trinajstić information content (AvgIpc) is 3.09. The first-order chi connectivity index (χ1) is 25.1. The molecule has 0 aromatic carbocycles. The molecule has 0 aliphatic heterocycles. The second kappa shape index (κ2) is 35.8. The Kier molecular flexibility index (Phi) is 34.3. The van der Waals surface area contributed by atoms with Gasteiger partial charge >= 0.3 is 11.9 Å². The lowest BCUT2D eigenvalue weighted by Gasteiger charge is -2.34. The van der Waals surface area contributed by atoms with Gasteiger partial charge in [-0.05, 0) is 64.2 Å². The fraction of sp³-hybridized carbons (Fsp3) is 0.841. The highest BCUT2D eigenvalue weighted by Crippen LogP contribution is 2.13. The molecule has 0 aliphatic carbocycles. The van der Waals surface area contributed by atoms with Crippen molar-refractivity contribution in [1.82, 2.24) is 0 Å². The zero-order valence-electron chi connectivity index (χ0n) is 34.5. The molecule has 304 valence electrons. The molecule has 0 bridgehead atoms. The van der Waals surface area contributed by atoms with Crippen LogP contribution in [0.15, 0.2) is 24.3 Å². The number of carbonyl (C=O) groups is 3. The first-order valence-electron chi connectivity index (χ1n) is 21.4. The van der Waals surface area contributed by atoms with Crippen LogP contribution in [-0.2, 0) is 28.6 Å². The maximum Gasteiger partial charge on any atom is 0.306 e. The summed E-state index contributed by atoms with van der Waals surface area (Å²) in [6.07, 6.45) is 37.7. The lowest BCUT2D eigenvalue weighted by Crippen LogP contribution is -2.55. The van der Waals surface area contributed by atoms with Crippen LogP contribution in [0.4, 0.5) is 0 Å². The van der Waals surface area contributed by atoms with Crippen LogP contribution in [0.25, 0.3) is 0 Å². The highest BCUT2D eigenvalue weighted by molar-refractivity contribution is 5.70. The molecule has 0 spiro atoms. The molecule has 0 aromatic heterocycles. The van der Waals surface area contributed by atoms with Gasteiger partial charge in [0.15, 0.2) is 6.10 Å². The van der Waals surface area contributed by atoms with Gasteiger partial charge in [0.05, 0.1) is 40.3 Å². The number of carboxylic acid groups (broad SMARTS) is 1. The van der Waals surface area contributed by atoms with E-state index in [9.17, 15) is 19.5 Å². The van der Waals surface area contributed by atoms with E-state index < -0.39 is 18.1 Å². The zero-order chi connectivity index (χ0) is 38.5. The average molecular weight is 736 g/mol. The largest absolute Gasteiger partial charge is 0.544 e. The summed E-state index contributed by atoms with van der Waals surface area (Å²) in [7, 11) is 5.40. The number of ether oxygens (including phenoxy) is 3. The van der Waals surface area contributed by atoms with Gasteiger partial charge in [-0.15, -0.1) is 0 Å². The number of carboxylic acids is 1. The second-order valence-electron chi connectivity index (χ2n) is 15.6. The Labute approximate surface area is 320 Å². The van der Waals surface area contributed by atoms with E-state index in [1.54, 1.807) is 21.1 Å². The van der Waals surface area contributed by atoms with E-state index in [4.69, 9.17) is 14.2 Å². The molecule has 2 atom stereocenters. The molecule has 52 heavy (non-hydrogen) atoms. The lowest BCUT2D eigenvalue weighted by atomic mass is 10.1. The second-order valence-corrected chi connectivity index (χ2v) is 15.6. The van der Waals surface area contributed by atoms with Crippen molar-refractivity contribution >= 4 is 17.9 Å². The van der Waals surface area contributed by atoms with Gasteiger partial charge in [-0.2, -0.15) is 0 Å². The van der Waals surface area contributed by atoms with Gasteiger partial charge in [-0.3, -0.25) is 9.59 Å². The fourth-order valence-electron chi connectivity index (χ4n) is 6.18. The molecule has 0 amide bonds. The minimum atomic E-state index is -1.13. The molecule has 0 saturated heterocycles. The Morgan fingerprint density at radius 3 is 1.42 bits per heavy atom. The highest BCUT2D eigenvalue weighted by Gasteiger charge is 2.25. The summed E-state index contributed by atoms with van der Waals surface area (Å²) in [6, 6.07) is -0.725. The van der Waals surface area contributed by atoms with Gasteiger partial charge in [0.1, 0.15) is 12.6 Å². The number of likely N-dealkylation sites (N-methyl/N-ethyl adjacent to an activating group) is 1. The maximum absolute atomic E-state index is 12.7. The van der Waals surface area contributed by atoms with Crippen molar-refractivity contribution in [1.29, 1.82) is 0 Å². The number of hydrogen-bond acceptors (Lipinski definition) is 7. The number of carbonyl (C=O) groups excluding carboxylic acids is 3. The smallest absolute Gasteiger partial charge is 0.306 e. The SMILES string of the molecule is CCCCC/C=C/CCCCCCCC(=O)OCC(COCCC(C(=O)[O-])[N+](C)(C)C)OC(=O)CCCCCCC/C=C/CCCCCCCCC. The summed E-state index contributed by atoms with van der Waals surface area (Å²) in [5.74, 6) is -1.75. The minimum absolute atomic E-state index is 0.0372. The molecule has 0 saturated carbocycles. The van der Waals surface area contributed by atoms with Crippen molar-refractivity contribution in [3.63, 3.8) is 0 Å². The molecule has 0 rings (SSSR count). The summed E-state index contributed by atoms with van der Waals surface area (Å²) in [5, 5.41) is 11.6.